The quantitative estimate of drug-likeness (QED) is 0.555. The Balaban J connectivity index is 1.49. The zero-order chi connectivity index (χ0) is 17.5. The van der Waals surface area contributed by atoms with Crippen molar-refractivity contribution in [2.45, 2.75) is 25.4 Å². The Hall–Kier alpha value is -3.14. The molecule has 4 nitrogen and oxygen atoms in total. The van der Waals surface area contributed by atoms with E-state index in [1.165, 1.54) is 0 Å². The molecule has 4 heteroatoms. The first-order valence-corrected chi connectivity index (χ1v) is 9.00. The van der Waals surface area contributed by atoms with Gasteiger partial charge in [0.05, 0.1) is 18.4 Å². The highest BCUT2D eigenvalue weighted by atomic mass is 16.2. The van der Waals surface area contributed by atoms with Crippen molar-refractivity contribution in [1.82, 2.24) is 14.3 Å². The summed E-state index contributed by atoms with van der Waals surface area (Å²) in [5, 5.41) is 2.26. The number of hydrogen-bond donors (Lipinski definition) is 0. The first-order valence-electron chi connectivity index (χ1n) is 9.00. The van der Waals surface area contributed by atoms with Gasteiger partial charge in [0.15, 0.2) is 0 Å². The summed E-state index contributed by atoms with van der Waals surface area (Å²) in [6.07, 6.45) is 6.04. The number of hydrogen-bond acceptors (Lipinski definition) is 2. The lowest BCUT2D eigenvalue weighted by molar-refractivity contribution is 0.0727. The van der Waals surface area contributed by atoms with Crippen LogP contribution in [0, 0.1) is 0 Å². The summed E-state index contributed by atoms with van der Waals surface area (Å²) in [4.78, 5) is 19.7. The van der Waals surface area contributed by atoms with Crippen molar-refractivity contribution >= 4 is 22.3 Å². The molecule has 4 aromatic rings. The van der Waals surface area contributed by atoms with Crippen LogP contribution in [0.5, 0.6) is 0 Å². The molecule has 1 saturated carbocycles. The van der Waals surface area contributed by atoms with Gasteiger partial charge in [-0.2, -0.15) is 0 Å². The largest absolute Gasteiger partial charge is 0.330 e. The van der Waals surface area contributed by atoms with Crippen LogP contribution in [0.4, 0.5) is 0 Å². The topological polar surface area (TPSA) is 37.6 Å². The molecule has 2 aromatic heterocycles. The van der Waals surface area contributed by atoms with Crippen LogP contribution in [0.15, 0.2) is 73.1 Å². The molecule has 1 aliphatic carbocycles. The molecule has 1 fully saturated rings. The molecule has 2 heterocycles. The van der Waals surface area contributed by atoms with Crippen LogP contribution in [0.2, 0.25) is 0 Å². The predicted octanol–water partition coefficient (Wildman–Crippen LogP) is 4.29. The Bertz CT molecular complexity index is 1110. The molecule has 128 valence electrons. The van der Waals surface area contributed by atoms with Crippen molar-refractivity contribution in [3.05, 3.63) is 84.3 Å². The number of carbonyl (C=O) groups is 1. The Kier molecular flexibility index (Phi) is 3.49. The number of nitrogens with zero attached hydrogens (tertiary/aromatic N) is 3. The third-order valence-corrected chi connectivity index (χ3v) is 5.07. The molecule has 0 N–H and O–H groups in total. The second kappa shape index (κ2) is 5.99. The lowest BCUT2D eigenvalue weighted by atomic mass is 10.1. The minimum atomic E-state index is 0.101. The van der Waals surface area contributed by atoms with E-state index in [2.05, 4.69) is 21.5 Å². The highest BCUT2D eigenvalue weighted by molar-refractivity contribution is 5.98. The number of benzene rings is 2. The van der Waals surface area contributed by atoms with Gasteiger partial charge in [0.2, 0.25) is 0 Å². The van der Waals surface area contributed by atoms with Gasteiger partial charge in [-0.05, 0) is 47.9 Å². The van der Waals surface area contributed by atoms with E-state index in [0.29, 0.717) is 12.6 Å². The van der Waals surface area contributed by atoms with E-state index in [4.69, 9.17) is 0 Å². The predicted molar refractivity (Wildman–Crippen MR) is 102 cm³/mol. The van der Waals surface area contributed by atoms with Gasteiger partial charge in [0, 0.05) is 17.8 Å². The van der Waals surface area contributed by atoms with Crippen molar-refractivity contribution < 1.29 is 4.79 Å². The van der Waals surface area contributed by atoms with Gasteiger partial charge in [-0.1, -0.05) is 36.4 Å². The maximum Gasteiger partial charge on any atom is 0.254 e. The molecule has 5 rings (SSSR count). The molecule has 0 radical (unpaired) electrons. The third kappa shape index (κ3) is 2.64. The SMILES string of the molecule is O=C(c1ccc2ccccc2c1)N(Cc1cnc2ccccn12)C1CC1. The van der Waals surface area contributed by atoms with Crippen LogP contribution >= 0.6 is 0 Å². The number of imidazole rings is 1. The van der Waals surface area contributed by atoms with Crippen LogP contribution in [0.1, 0.15) is 28.9 Å². The lowest BCUT2D eigenvalue weighted by Crippen LogP contribution is -2.33. The highest BCUT2D eigenvalue weighted by Crippen LogP contribution is 2.30. The van der Waals surface area contributed by atoms with Crippen molar-refractivity contribution in [2.24, 2.45) is 0 Å². The number of aromatic nitrogens is 2. The molecule has 2 aromatic carbocycles. The lowest BCUT2D eigenvalue weighted by Gasteiger charge is -2.22. The van der Waals surface area contributed by atoms with E-state index < -0.39 is 0 Å². The monoisotopic (exact) mass is 341 g/mol. The number of rotatable bonds is 4. The van der Waals surface area contributed by atoms with Crippen LogP contribution in [0.3, 0.4) is 0 Å². The Morgan fingerprint density at radius 1 is 1.04 bits per heavy atom. The van der Waals surface area contributed by atoms with Crippen molar-refractivity contribution in [3.8, 4) is 0 Å². The van der Waals surface area contributed by atoms with E-state index in [1.807, 2.05) is 65.8 Å². The molecule has 1 amide bonds. The third-order valence-electron chi connectivity index (χ3n) is 5.07. The molecule has 0 atom stereocenters. The van der Waals surface area contributed by atoms with Crippen LogP contribution in [0.25, 0.3) is 16.4 Å². The maximum atomic E-state index is 13.2. The van der Waals surface area contributed by atoms with Gasteiger partial charge >= 0.3 is 0 Å². The van der Waals surface area contributed by atoms with Gasteiger partial charge in [-0.25, -0.2) is 4.98 Å². The average molecular weight is 341 g/mol. The van der Waals surface area contributed by atoms with Crippen molar-refractivity contribution in [2.75, 3.05) is 0 Å². The fraction of sp³-hybridized carbons (Fsp3) is 0.182. The first-order chi connectivity index (χ1) is 12.8. The Morgan fingerprint density at radius 2 is 1.85 bits per heavy atom. The number of fused-ring (bicyclic) bond motifs is 2. The van der Waals surface area contributed by atoms with Gasteiger partial charge < -0.3 is 9.30 Å². The van der Waals surface area contributed by atoms with Crippen LogP contribution in [-0.4, -0.2) is 26.2 Å². The Morgan fingerprint density at radius 3 is 2.69 bits per heavy atom. The molecule has 0 unspecified atom stereocenters. The number of carbonyl (C=O) groups excluding carboxylic acids is 1. The summed E-state index contributed by atoms with van der Waals surface area (Å²) in [5.41, 5.74) is 2.71. The molecule has 0 aliphatic heterocycles. The molecule has 0 saturated heterocycles. The summed E-state index contributed by atoms with van der Waals surface area (Å²) < 4.78 is 2.06. The summed E-state index contributed by atoms with van der Waals surface area (Å²) in [6.45, 7) is 0.585. The van der Waals surface area contributed by atoms with Crippen molar-refractivity contribution in [1.29, 1.82) is 0 Å². The van der Waals surface area contributed by atoms with Crippen LogP contribution in [-0.2, 0) is 6.54 Å². The van der Waals surface area contributed by atoms with E-state index >= 15 is 0 Å². The summed E-state index contributed by atoms with van der Waals surface area (Å²) in [7, 11) is 0. The van der Waals surface area contributed by atoms with E-state index in [-0.39, 0.29) is 5.91 Å². The van der Waals surface area contributed by atoms with Crippen LogP contribution < -0.4 is 0 Å². The summed E-state index contributed by atoms with van der Waals surface area (Å²) in [6, 6.07) is 20.4. The van der Waals surface area contributed by atoms with Gasteiger partial charge in [0.25, 0.3) is 5.91 Å². The zero-order valence-electron chi connectivity index (χ0n) is 14.4. The smallest absolute Gasteiger partial charge is 0.254 e. The molecule has 0 bridgehead atoms. The van der Waals surface area contributed by atoms with Gasteiger partial charge in [0.1, 0.15) is 5.65 Å². The normalized spacial score (nSPS) is 14.0. The average Bonchev–Trinajstić information content (AvgIpc) is 3.46. The van der Waals surface area contributed by atoms with E-state index in [0.717, 1.165) is 40.5 Å². The fourth-order valence-corrected chi connectivity index (χ4v) is 3.52. The standard InChI is InChI=1S/C22H19N3O/c26-22(18-9-8-16-5-1-2-6-17(16)13-18)25(19-10-11-19)15-20-14-23-21-7-3-4-12-24(20)21/h1-9,12-14,19H,10-11,15H2. The summed E-state index contributed by atoms with van der Waals surface area (Å²) in [5.74, 6) is 0.101. The van der Waals surface area contributed by atoms with Crippen molar-refractivity contribution in [3.63, 3.8) is 0 Å². The van der Waals surface area contributed by atoms with Gasteiger partial charge in [-0.3, -0.25) is 4.79 Å². The zero-order valence-corrected chi connectivity index (χ0v) is 14.4. The highest BCUT2D eigenvalue weighted by Gasteiger charge is 2.33. The minimum Gasteiger partial charge on any atom is -0.330 e. The number of pyridine rings is 1. The fourth-order valence-electron chi connectivity index (χ4n) is 3.52. The van der Waals surface area contributed by atoms with E-state index in [9.17, 15) is 4.79 Å². The second-order valence-electron chi connectivity index (χ2n) is 6.90. The van der Waals surface area contributed by atoms with Gasteiger partial charge in [-0.15, -0.1) is 0 Å². The molecule has 0 spiro atoms. The molecular formula is C22H19N3O. The summed E-state index contributed by atoms with van der Waals surface area (Å²) >= 11 is 0. The minimum absolute atomic E-state index is 0.101. The Labute approximate surface area is 151 Å². The molecular weight excluding hydrogens is 322 g/mol. The molecule has 1 aliphatic rings. The second-order valence-corrected chi connectivity index (χ2v) is 6.90. The molecule has 26 heavy (non-hydrogen) atoms. The van der Waals surface area contributed by atoms with E-state index in [1.54, 1.807) is 0 Å². The number of amides is 1. The maximum absolute atomic E-state index is 13.2. The first kappa shape index (κ1) is 15.1.